The zero-order chi connectivity index (χ0) is 7.61. The van der Waals surface area contributed by atoms with Gasteiger partial charge in [-0.3, -0.25) is 0 Å². The van der Waals surface area contributed by atoms with Crippen LogP contribution in [0.25, 0.3) is 0 Å². The summed E-state index contributed by atoms with van der Waals surface area (Å²) < 4.78 is 5.49. The number of hydrogen-bond donors (Lipinski definition) is 0. The van der Waals surface area contributed by atoms with Gasteiger partial charge in [0.15, 0.2) is 0 Å². The van der Waals surface area contributed by atoms with E-state index >= 15 is 0 Å². The van der Waals surface area contributed by atoms with Crippen LogP contribution in [0.4, 0.5) is 0 Å². The van der Waals surface area contributed by atoms with E-state index in [1.165, 1.54) is 25.7 Å². The molecule has 0 aliphatic heterocycles. The Hall–Kier alpha value is -0.0400. The fraction of sp³-hybridized carbons (Fsp3) is 1.00. The van der Waals surface area contributed by atoms with Crippen LogP contribution in [0.5, 0.6) is 0 Å². The Labute approximate surface area is 63.8 Å². The molecule has 0 bridgehead atoms. The minimum absolute atomic E-state index is 0.179. The summed E-state index contributed by atoms with van der Waals surface area (Å²) in [4.78, 5) is 0. The fourth-order valence-corrected chi connectivity index (χ4v) is 1.78. The predicted molar refractivity (Wildman–Crippen MR) is 43.0 cm³/mol. The van der Waals surface area contributed by atoms with Crippen molar-refractivity contribution in [2.24, 2.45) is 5.92 Å². The van der Waals surface area contributed by atoms with Crippen LogP contribution in [0.2, 0.25) is 0 Å². The summed E-state index contributed by atoms with van der Waals surface area (Å²) >= 11 is 0. The molecular weight excluding hydrogens is 124 g/mol. The van der Waals surface area contributed by atoms with Gasteiger partial charge in [0.1, 0.15) is 0 Å². The van der Waals surface area contributed by atoms with Gasteiger partial charge in [-0.05, 0) is 25.7 Å². The normalized spacial score (nSPS) is 41.7. The van der Waals surface area contributed by atoms with Crippen LogP contribution in [0, 0.1) is 5.92 Å². The molecule has 2 unspecified atom stereocenters. The van der Waals surface area contributed by atoms with Crippen molar-refractivity contribution in [3.05, 3.63) is 0 Å². The first-order chi connectivity index (χ1) is 4.69. The smallest absolute Gasteiger partial charge is 0.0676 e. The Morgan fingerprint density at radius 1 is 1.40 bits per heavy atom. The van der Waals surface area contributed by atoms with Crippen LogP contribution in [-0.2, 0) is 4.74 Å². The quantitative estimate of drug-likeness (QED) is 0.547. The molecule has 1 aliphatic rings. The predicted octanol–water partition coefficient (Wildman–Crippen LogP) is 2.60. The number of rotatable bonds is 1. The first-order valence-corrected chi connectivity index (χ1v) is 4.24. The van der Waals surface area contributed by atoms with Crippen LogP contribution < -0.4 is 0 Å². The maximum Gasteiger partial charge on any atom is 0.0676 e. The van der Waals surface area contributed by atoms with Gasteiger partial charge in [-0.1, -0.05) is 19.8 Å². The molecule has 0 aromatic rings. The summed E-state index contributed by atoms with van der Waals surface area (Å²) in [6.07, 6.45) is 5.31. The van der Waals surface area contributed by atoms with Crippen molar-refractivity contribution in [1.82, 2.24) is 0 Å². The van der Waals surface area contributed by atoms with Crippen molar-refractivity contribution < 1.29 is 4.74 Å². The molecule has 0 aromatic carbocycles. The fourth-order valence-electron chi connectivity index (χ4n) is 1.78. The van der Waals surface area contributed by atoms with E-state index < -0.39 is 0 Å². The maximum atomic E-state index is 5.49. The van der Waals surface area contributed by atoms with Gasteiger partial charge in [0, 0.05) is 7.11 Å². The monoisotopic (exact) mass is 142 g/mol. The lowest BCUT2D eigenvalue weighted by atomic mass is 9.78. The molecule has 0 N–H and O–H groups in total. The maximum absolute atomic E-state index is 5.49. The van der Waals surface area contributed by atoms with E-state index in [1.54, 1.807) is 0 Å². The number of hydrogen-bond acceptors (Lipinski definition) is 1. The second-order valence-corrected chi connectivity index (χ2v) is 3.66. The number of methoxy groups -OCH3 is 1. The summed E-state index contributed by atoms with van der Waals surface area (Å²) in [6, 6.07) is 0. The highest BCUT2D eigenvalue weighted by Gasteiger charge is 2.32. The Bertz CT molecular complexity index is 111. The highest BCUT2D eigenvalue weighted by molar-refractivity contribution is 4.84. The molecule has 1 aliphatic carbocycles. The average Bonchev–Trinajstić information content (AvgIpc) is 1.96. The molecule has 0 heterocycles. The van der Waals surface area contributed by atoms with E-state index in [1.807, 2.05) is 7.11 Å². The summed E-state index contributed by atoms with van der Waals surface area (Å²) in [5, 5.41) is 0. The molecule has 1 nitrogen and oxygen atoms in total. The van der Waals surface area contributed by atoms with Crippen LogP contribution >= 0.6 is 0 Å². The van der Waals surface area contributed by atoms with Crippen molar-refractivity contribution in [3.63, 3.8) is 0 Å². The molecular formula is C9H18O. The summed E-state index contributed by atoms with van der Waals surface area (Å²) in [6.45, 7) is 4.53. The SMILES string of the molecule is COC1(C)CCCCC1C. The third-order valence-corrected chi connectivity index (χ3v) is 3.07. The van der Waals surface area contributed by atoms with E-state index in [-0.39, 0.29) is 5.60 Å². The second-order valence-electron chi connectivity index (χ2n) is 3.66. The van der Waals surface area contributed by atoms with E-state index in [0.717, 1.165) is 5.92 Å². The van der Waals surface area contributed by atoms with Crippen LogP contribution in [0.3, 0.4) is 0 Å². The van der Waals surface area contributed by atoms with Gasteiger partial charge in [0.2, 0.25) is 0 Å². The Balaban J connectivity index is 2.54. The lowest BCUT2D eigenvalue weighted by Gasteiger charge is -2.38. The molecule has 0 amide bonds. The minimum Gasteiger partial charge on any atom is -0.378 e. The van der Waals surface area contributed by atoms with E-state index in [0.29, 0.717) is 0 Å². The number of ether oxygens (including phenoxy) is 1. The van der Waals surface area contributed by atoms with Crippen molar-refractivity contribution in [1.29, 1.82) is 0 Å². The summed E-state index contributed by atoms with van der Waals surface area (Å²) in [7, 11) is 1.84. The third-order valence-electron chi connectivity index (χ3n) is 3.07. The molecule has 1 fully saturated rings. The molecule has 1 saturated carbocycles. The Morgan fingerprint density at radius 3 is 2.50 bits per heavy atom. The van der Waals surface area contributed by atoms with Crippen molar-refractivity contribution >= 4 is 0 Å². The van der Waals surface area contributed by atoms with Crippen molar-refractivity contribution in [2.75, 3.05) is 7.11 Å². The third kappa shape index (κ3) is 1.34. The van der Waals surface area contributed by atoms with Crippen LogP contribution in [0.15, 0.2) is 0 Å². The Morgan fingerprint density at radius 2 is 2.10 bits per heavy atom. The van der Waals surface area contributed by atoms with Gasteiger partial charge in [-0.25, -0.2) is 0 Å². The molecule has 60 valence electrons. The lowest BCUT2D eigenvalue weighted by molar-refractivity contribution is -0.0619. The zero-order valence-corrected chi connectivity index (χ0v) is 7.31. The molecule has 10 heavy (non-hydrogen) atoms. The molecule has 1 heteroatoms. The van der Waals surface area contributed by atoms with Crippen molar-refractivity contribution in [3.8, 4) is 0 Å². The van der Waals surface area contributed by atoms with Gasteiger partial charge in [0.05, 0.1) is 5.60 Å². The van der Waals surface area contributed by atoms with Gasteiger partial charge >= 0.3 is 0 Å². The second kappa shape index (κ2) is 2.91. The van der Waals surface area contributed by atoms with Gasteiger partial charge in [0.25, 0.3) is 0 Å². The van der Waals surface area contributed by atoms with Gasteiger partial charge in [-0.2, -0.15) is 0 Å². The van der Waals surface area contributed by atoms with Crippen LogP contribution in [0.1, 0.15) is 39.5 Å². The van der Waals surface area contributed by atoms with E-state index in [4.69, 9.17) is 4.74 Å². The average molecular weight is 142 g/mol. The molecule has 0 spiro atoms. The highest BCUT2D eigenvalue weighted by Crippen LogP contribution is 2.35. The summed E-state index contributed by atoms with van der Waals surface area (Å²) in [5.41, 5.74) is 0.179. The standard InChI is InChI=1S/C9H18O/c1-8-6-4-5-7-9(8,2)10-3/h8H,4-7H2,1-3H3. The molecule has 2 atom stereocenters. The molecule has 0 saturated heterocycles. The molecule has 1 rings (SSSR count). The Kier molecular flexibility index (Phi) is 2.35. The van der Waals surface area contributed by atoms with Crippen molar-refractivity contribution in [2.45, 2.75) is 45.1 Å². The molecule has 0 aromatic heterocycles. The minimum atomic E-state index is 0.179. The van der Waals surface area contributed by atoms with Gasteiger partial charge < -0.3 is 4.74 Å². The zero-order valence-electron chi connectivity index (χ0n) is 7.31. The first-order valence-electron chi connectivity index (χ1n) is 4.24. The first kappa shape index (κ1) is 8.06. The molecule has 0 radical (unpaired) electrons. The lowest BCUT2D eigenvalue weighted by Crippen LogP contribution is -2.37. The van der Waals surface area contributed by atoms with Gasteiger partial charge in [-0.15, -0.1) is 0 Å². The summed E-state index contributed by atoms with van der Waals surface area (Å²) in [5.74, 6) is 0.742. The van der Waals surface area contributed by atoms with E-state index in [2.05, 4.69) is 13.8 Å². The highest BCUT2D eigenvalue weighted by atomic mass is 16.5. The largest absolute Gasteiger partial charge is 0.378 e. The van der Waals surface area contributed by atoms with E-state index in [9.17, 15) is 0 Å². The van der Waals surface area contributed by atoms with Crippen LogP contribution in [-0.4, -0.2) is 12.7 Å². The topological polar surface area (TPSA) is 9.23 Å².